The first-order valence-electron chi connectivity index (χ1n) is 8.40. The highest BCUT2D eigenvalue weighted by molar-refractivity contribution is 5.93. The third-order valence-electron chi connectivity index (χ3n) is 4.63. The molecule has 3 aromatic rings. The zero-order valence-electron chi connectivity index (χ0n) is 14.0. The molecule has 0 aromatic carbocycles. The molecule has 1 atom stereocenters. The number of fused-ring (bicyclic) bond motifs is 1. The Morgan fingerprint density at radius 1 is 1.28 bits per heavy atom. The minimum Gasteiger partial charge on any atom is -0.336 e. The molecule has 128 valence electrons. The number of pyridine rings is 1. The third kappa shape index (κ3) is 2.82. The number of aryl methyl sites for hydroxylation is 1. The number of nitrogens with zero attached hydrogens (tertiary/aromatic N) is 5. The quantitative estimate of drug-likeness (QED) is 0.713. The van der Waals surface area contributed by atoms with Gasteiger partial charge in [0.15, 0.2) is 0 Å². The molecule has 0 radical (unpaired) electrons. The Morgan fingerprint density at radius 2 is 2.16 bits per heavy atom. The second-order valence-corrected chi connectivity index (χ2v) is 6.45. The van der Waals surface area contributed by atoms with Gasteiger partial charge in [0.2, 0.25) is 0 Å². The Balaban J connectivity index is 1.62. The number of likely N-dealkylation sites (tertiary alicyclic amines) is 1. The molecule has 7 heteroatoms. The van der Waals surface area contributed by atoms with Crippen LogP contribution in [0, 0.1) is 6.92 Å². The molecule has 0 bridgehead atoms. The summed E-state index contributed by atoms with van der Waals surface area (Å²) < 4.78 is 3.33. The van der Waals surface area contributed by atoms with Crippen molar-refractivity contribution in [2.75, 3.05) is 13.1 Å². The van der Waals surface area contributed by atoms with Gasteiger partial charge in [-0.05, 0) is 37.5 Å². The van der Waals surface area contributed by atoms with Crippen LogP contribution < -0.4 is 5.56 Å². The molecule has 1 aliphatic rings. The Kier molecular flexibility index (Phi) is 3.83. The maximum atomic E-state index is 12.9. The van der Waals surface area contributed by atoms with Crippen LogP contribution in [0.4, 0.5) is 0 Å². The minimum atomic E-state index is -0.326. The topological polar surface area (TPSA) is 72.5 Å². The number of carbonyl (C=O) groups is 1. The number of aromatic nitrogens is 4. The van der Waals surface area contributed by atoms with Gasteiger partial charge in [0.25, 0.3) is 11.5 Å². The lowest BCUT2D eigenvalue weighted by atomic mass is 10.1. The van der Waals surface area contributed by atoms with E-state index in [0.29, 0.717) is 18.7 Å². The summed E-state index contributed by atoms with van der Waals surface area (Å²) in [4.78, 5) is 31.5. The van der Waals surface area contributed by atoms with Crippen molar-refractivity contribution < 1.29 is 4.79 Å². The maximum absolute atomic E-state index is 12.9. The van der Waals surface area contributed by atoms with Gasteiger partial charge in [0.05, 0.1) is 12.2 Å². The number of amides is 1. The smallest absolute Gasteiger partial charge is 0.270 e. The zero-order chi connectivity index (χ0) is 17.4. The van der Waals surface area contributed by atoms with Crippen LogP contribution in [0.5, 0.6) is 0 Å². The van der Waals surface area contributed by atoms with Crippen molar-refractivity contribution in [1.29, 1.82) is 0 Å². The third-order valence-corrected chi connectivity index (χ3v) is 4.63. The summed E-state index contributed by atoms with van der Waals surface area (Å²) in [5, 5.41) is 4.36. The number of hydrogen-bond donors (Lipinski definition) is 0. The molecule has 4 heterocycles. The van der Waals surface area contributed by atoms with E-state index >= 15 is 0 Å². The highest BCUT2D eigenvalue weighted by Gasteiger charge is 2.27. The second kappa shape index (κ2) is 6.16. The molecule has 1 unspecified atom stereocenters. The van der Waals surface area contributed by atoms with E-state index in [2.05, 4.69) is 10.1 Å². The van der Waals surface area contributed by atoms with E-state index < -0.39 is 0 Å². The van der Waals surface area contributed by atoms with E-state index in [1.54, 1.807) is 23.2 Å². The van der Waals surface area contributed by atoms with Crippen LogP contribution in [0.2, 0.25) is 0 Å². The Labute approximate surface area is 144 Å². The SMILES string of the molecule is Cc1cnn(C2CCCN(C(=O)c3cnc4ccccn4c3=O)C2)c1. The van der Waals surface area contributed by atoms with Crippen molar-refractivity contribution in [2.45, 2.75) is 25.8 Å². The van der Waals surface area contributed by atoms with Crippen LogP contribution in [0.3, 0.4) is 0 Å². The standard InChI is InChI=1S/C18H19N5O2/c1-13-9-20-23(11-13)14-5-4-7-21(12-14)17(24)15-10-19-16-6-2-3-8-22(16)18(15)25/h2-3,6,8-11,14H,4-5,7,12H2,1H3. The van der Waals surface area contributed by atoms with Crippen LogP contribution in [-0.4, -0.2) is 43.1 Å². The summed E-state index contributed by atoms with van der Waals surface area (Å²) in [6.07, 6.45) is 8.69. The summed E-state index contributed by atoms with van der Waals surface area (Å²) in [6, 6.07) is 5.45. The normalized spacial score (nSPS) is 17.8. The van der Waals surface area contributed by atoms with Crippen molar-refractivity contribution in [2.24, 2.45) is 0 Å². The van der Waals surface area contributed by atoms with Gasteiger partial charge in [-0.1, -0.05) is 6.07 Å². The van der Waals surface area contributed by atoms with E-state index in [1.165, 1.54) is 10.6 Å². The largest absolute Gasteiger partial charge is 0.336 e. The van der Waals surface area contributed by atoms with Crippen molar-refractivity contribution in [3.8, 4) is 0 Å². The summed E-state index contributed by atoms with van der Waals surface area (Å²) in [5.41, 5.74) is 1.42. The van der Waals surface area contributed by atoms with Crippen molar-refractivity contribution >= 4 is 11.6 Å². The van der Waals surface area contributed by atoms with Crippen LogP contribution in [-0.2, 0) is 0 Å². The second-order valence-electron chi connectivity index (χ2n) is 6.45. The molecule has 25 heavy (non-hydrogen) atoms. The highest BCUT2D eigenvalue weighted by atomic mass is 16.2. The summed E-state index contributed by atoms with van der Waals surface area (Å²) in [7, 11) is 0. The fourth-order valence-electron chi connectivity index (χ4n) is 3.33. The van der Waals surface area contributed by atoms with Gasteiger partial charge in [0.1, 0.15) is 11.2 Å². The molecule has 1 fully saturated rings. The predicted octanol–water partition coefficient (Wildman–Crippen LogP) is 1.68. The van der Waals surface area contributed by atoms with Crippen LogP contribution in [0.25, 0.3) is 5.65 Å². The molecular weight excluding hydrogens is 318 g/mol. The summed E-state index contributed by atoms with van der Waals surface area (Å²) in [6.45, 7) is 3.19. The van der Waals surface area contributed by atoms with Gasteiger partial charge in [0, 0.05) is 31.7 Å². The molecule has 0 spiro atoms. The molecule has 3 aromatic heterocycles. The van der Waals surface area contributed by atoms with E-state index in [1.807, 2.05) is 30.1 Å². The van der Waals surface area contributed by atoms with Gasteiger partial charge in [-0.2, -0.15) is 5.10 Å². The number of rotatable bonds is 2. The van der Waals surface area contributed by atoms with Gasteiger partial charge in [-0.3, -0.25) is 18.7 Å². The van der Waals surface area contributed by atoms with Crippen LogP contribution in [0.15, 0.2) is 47.8 Å². The first-order valence-corrected chi connectivity index (χ1v) is 8.40. The molecule has 4 rings (SSSR count). The van der Waals surface area contributed by atoms with Crippen LogP contribution >= 0.6 is 0 Å². The number of hydrogen-bond acceptors (Lipinski definition) is 4. The first kappa shape index (κ1) is 15.6. The number of carbonyl (C=O) groups excluding carboxylic acids is 1. The fourth-order valence-corrected chi connectivity index (χ4v) is 3.33. The van der Waals surface area contributed by atoms with Gasteiger partial charge >= 0.3 is 0 Å². The lowest BCUT2D eigenvalue weighted by Crippen LogP contribution is -2.43. The predicted molar refractivity (Wildman–Crippen MR) is 92.6 cm³/mol. The lowest BCUT2D eigenvalue weighted by molar-refractivity contribution is 0.0670. The highest BCUT2D eigenvalue weighted by Crippen LogP contribution is 2.22. The number of piperidine rings is 1. The van der Waals surface area contributed by atoms with E-state index in [4.69, 9.17) is 0 Å². The Bertz CT molecular complexity index is 990. The van der Waals surface area contributed by atoms with Crippen molar-refractivity contribution in [1.82, 2.24) is 24.1 Å². The Morgan fingerprint density at radius 3 is 2.96 bits per heavy atom. The van der Waals surface area contributed by atoms with Gasteiger partial charge in [-0.15, -0.1) is 0 Å². The molecular formula is C18H19N5O2. The van der Waals surface area contributed by atoms with Crippen molar-refractivity contribution in [3.63, 3.8) is 0 Å². The molecule has 0 saturated carbocycles. The molecule has 7 nitrogen and oxygen atoms in total. The Hall–Kier alpha value is -2.96. The fraction of sp³-hybridized carbons (Fsp3) is 0.333. The lowest BCUT2D eigenvalue weighted by Gasteiger charge is -2.32. The van der Waals surface area contributed by atoms with E-state index in [9.17, 15) is 9.59 Å². The first-order chi connectivity index (χ1) is 12.1. The molecule has 1 saturated heterocycles. The molecule has 1 amide bonds. The molecule has 0 aliphatic carbocycles. The van der Waals surface area contributed by atoms with Crippen LogP contribution in [0.1, 0.15) is 34.8 Å². The molecule has 0 N–H and O–H groups in total. The van der Waals surface area contributed by atoms with E-state index in [-0.39, 0.29) is 23.1 Å². The average molecular weight is 337 g/mol. The summed E-state index contributed by atoms with van der Waals surface area (Å²) >= 11 is 0. The van der Waals surface area contributed by atoms with E-state index in [0.717, 1.165) is 18.4 Å². The van der Waals surface area contributed by atoms with Gasteiger partial charge < -0.3 is 4.90 Å². The minimum absolute atomic E-state index is 0.112. The monoisotopic (exact) mass is 337 g/mol. The van der Waals surface area contributed by atoms with Gasteiger partial charge in [-0.25, -0.2) is 4.98 Å². The zero-order valence-corrected chi connectivity index (χ0v) is 14.0. The maximum Gasteiger partial charge on any atom is 0.270 e. The summed E-state index contributed by atoms with van der Waals surface area (Å²) in [5.74, 6) is -0.260. The molecule has 1 aliphatic heterocycles. The van der Waals surface area contributed by atoms with Crippen molar-refractivity contribution in [3.05, 3.63) is 64.5 Å². The average Bonchev–Trinajstić information content (AvgIpc) is 3.08.